The van der Waals surface area contributed by atoms with E-state index in [2.05, 4.69) is 15.0 Å². The van der Waals surface area contributed by atoms with Crippen LogP contribution in [0.3, 0.4) is 0 Å². The summed E-state index contributed by atoms with van der Waals surface area (Å²) in [5, 5.41) is 6.68. The number of rotatable bonds is 5. The topological polar surface area (TPSA) is 92.7 Å². The summed E-state index contributed by atoms with van der Waals surface area (Å²) in [6.45, 7) is 6.37. The Morgan fingerprint density at radius 3 is 2.79 bits per heavy atom. The molecule has 3 aromatic heterocycles. The first-order valence-electron chi connectivity index (χ1n) is 9.09. The van der Waals surface area contributed by atoms with Gasteiger partial charge in [-0.3, -0.25) is 4.90 Å². The van der Waals surface area contributed by atoms with Gasteiger partial charge in [0.2, 0.25) is 10.0 Å². The average molecular weight is 423 g/mol. The number of aromatic nitrogens is 2. The van der Waals surface area contributed by atoms with Crippen molar-refractivity contribution in [2.45, 2.75) is 31.7 Å². The number of aryl methyl sites for hydroxylation is 2. The molecule has 0 aliphatic carbocycles. The van der Waals surface area contributed by atoms with Crippen molar-refractivity contribution in [2.75, 3.05) is 26.2 Å². The zero-order valence-corrected chi connectivity index (χ0v) is 17.4. The zero-order chi connectivity index (χ0) is 19.7. The van der Waals surface area contributed by atoms with Crippen molar-refractivity contribution in [3.05, 3.63) is 40.9 Å². The molecule has 1 aliphatic rings. The lowest BCUT2D eigenvalue weighted by atomic mass is 10.3. The first kappa shape index (κ1) is 19.3. The standard InChI is InChI=1S/C18H22N4O4S2/c1-13-17(14(2)26-20-13)28(23,24)22-7-4-6-21(8-9-22)11-15-12-27-18(19-15)16-5-3-10-25-16/h3,5,10,12H,4,6-9,11H2,1-2H3. The third-order valence-electron chi connectivity index (χ3n) is 4.78. The van der Waals surface area contributed by atoms with Crippen molar-refractivity contribution in [2.24, 2.45) is 0 Å². The number of hydrogen-bond donors (Lipinski definition) is 0. The lowest BCUT2D eigenvalue weighted by Crippen LogP contribution is -2.35. The maximum atomic E-state index is 13.0. The van der Waals surface area contributed by atoms with Crippen LogP contribution in [-0.4, -0.2) is 53.9 Å². The highest BCUT2D eigenvalue weighted by Gasteiger charge is 2.32. The molecule has 0 atom stereocenters. The first-order chi connectivity index (χ1) is 13.4. The molecule has 4 heterocycles. The predicted octanol–water partition coefficient (Wildman–Crippen LogP) is 2.90. The van der Waals surface area contributed by atoms with Crippen molar-refractivity contribution in [1.29, 1.82) is 0 Å². The van der Waals surface area contributed by atoms with Gasteiger partial charge in [0.05, 0.1) is 12.0 Å². The molecule has 4 rings (SSSR count). The largest absolute Gasteiger partial charge is 0.462 e. The highest BCUT2D eigenvalue weighted by molar-refractivity contribution is 7.89. The van der Waals surface area contributed by atoms with Gasteiger partial charge in [-0.2, -0.15) is 4.31 Å². The molecule has 3 aromatic rings. The Morgan fingerprint density at radius 1 is 1.21 bits per heavy atom. The van der Waals surface area contributed by atoms with Crippen LogP contribution in [-0.2, 0) is 16.6 Å². The lowest BCUT2D eigenvalue weighted by Gasteiger charge is -2.21. The molecule has 0 amide bonds. The summed E-state index contributed by atoms with van der Waals surface area (Å²) in [6.07, 6.45) is 2.40. The van der Waals surface area contributed by atoms with Crippen molar-refractivity contribution in [1.82, 2.24) is 19.3 Å². The van der Waals surface area contributed by atoms with E-state index in [-0.39, 0.29) is 4.90 Å². The van der Waals surface area contributed by atoms with E-state index >= 15 is 0 Å². The van der Waals surface area contributed by atoms with Crippen LogP contribution in [0.4, 0.5) is 0 Å². The van der Waals surface area contributed by atoms with Gasteiger partial charge < -0.3 is 8.94 Å². The van der Waals surface area contributed by atoms with Crippen molar-refractivity contribution < 1.29 is 17.4 Å². The molecular formula is C18H22N4O4S2. The van der Waals surface area contributed by atoms with E-state index in [0.717, 1.165) is 29.4 Å². The van der Waals surface area contributed by atoms with Gasteiger partial charge in [0, 0.05) is 31.6 Å². The molecule has 10 heteroatoms. The fourth-order valence-corrected chi connectivity index (χ4v) is 5.98. The van der Waals surface area contributed by atoms with Crippen LogP contribution in [0.5, 0.6) is 0 Å². The summed E-state index contributed by atoms with van der Waals surface area (Å²) in [7, 11) is -3.60. The molecule has 0 bridgehead atoms. The second kappa shape index (κ2) is 7.78. The van der Waals surface area contributed by atoms with Gasteiger partial charge in [0.15, 0.2) is 16.5 Å². The maximum absolute atomic E-state index is 13.0. The molecule has 0 N–H and O–H groups in total. The second-order valence-corrected chi connectivity index (χ2v) is 9.54. The van der Waals surface area contributed by atoms with Crippen LogP contribution in [0.1, 0.15) is 23.6 Å². The minimum absolute atomic E-state index is 0.198. The molecule has 1 fully saturated rings. The highest BCUT2D eigenvalue weighted by Crippen LogP contribution is 2.26. The van der Waals surface area contributed by atoms with Gasteiger partial charge in [0.1, 0.15) is 10.6 Å². The Balaban J connectivity index is 1.43. The summed E-state index contributed by atoms with van der Waals surface area (Å²) in [6, 6.07) is 3.74. The smallest absolute Gasteiger partial charge is 0.248 e. The average Bonchev–Trinajstić information content (AvgIpc) is 3.35. The summed E-state index contributed by atoms with van der Waals surface area (Å²) < 4.78 is 38.0. The van der Waals surface area contributed by atoms with E-state index in [0.29, 0.717) is 37.6 Å². The van der Waals surface area contributed by atoms with E-state index < -0.39 is 10.0 Å². The van der Waals surface area contributed by atoms with Crippen molar-refractivity contribution in [3.63, 3.8) is 0 Å². The van der Waals surface area contributed by atoms with Gasteiger partial charge in [-0.15, -0.1) is 11.3 Å². The molecule has 0 aromatic carbocycles. The third kappa shape index (κ3) is 3.77. The van der Waals surface area contributed by atoms with E-state index in [1.807, 2.05) is 17.5 Å². The normalized spacial score (nSPS) is 17.1. The van der Waals surface area contributed by atoms with E-state index in [1.54, 1.807) is 31.4 Å². The predicted molar refractivity (Wildman–Crippen MR) is 104 cm³/mol. The number of nitrogens with zero attached hydrogens (tertiary/aromatic N) is 4. The van der Waals surface area contributed by atoms with Crippen LogP contribution < -0.4 is 0 Å². The summed E-state index contributed by atoms with van der Waals surface area (Å²) >= 11 is 1.55. The fraction of sp³-hybridized carbons (Fsp3) is 0.444. The summed E-state index contributed by atoms with van der Waals surface area (Å²) in [4.78, 5) is 7.08. The number of sulfonamides is 1. The lowest BCUT2D eigenvalue weighted by molar-refractivity contribution is 0.276. The van der Waals surface area contributed by atoms with E-state index in [1.165, 1.54) is 4.31 Å². The van der Waals surface area contributed by atoms with Gasteiger partial charge in [-0.1, -0.05) is 5.16 Å². The SMILES string of the molecule is Cc1noc(C)c1S(=O)(=O)N1CCCN(Cc2csc(-c3ccco3)n2)CC1. The van der Waals surface area contributed by atoms with E-state index in [4.69, 9.17) is 8.94 Å². The Kier molecular flexibility index (Phi) is 5.37. The third-order valence-corrected chi connectivity index (χ3v) is 7.83. The zero-order valence-electron chi connectivity index (χ0n) is 15.8. The number of furan rings is 1. The molecule has 0 saturated carbocycles. The van der Waals surface area contributed by atoms with E-state index in [9.17, 15) is 8.42 Å². The van der Waals surface area contributed by atoms with Crippen LogP contribution in [0.15, 0.2) is 37.6 Å². The van der Waals surface area contributed by atoms with Gasteiger partial charge in [-0.05, 0) is 38.9 Å². The van der Waals surface area contributed by atoms with Crippen molar-refractivity contribution in [3.8, 4) is 10.8 Å². The molecular weight excluding hydrogens is 400 g/mol. The molecule has 1 aliphatic heterocycles. The van der Waals surface area contributed by atoms with Crippen molar-refractivity contribution >= 4 is 21.4 Å². The van der Waals surface area contributed by atoms with Gasteiger partial charge >= 0.3 is 0 Å². The molecule has 150 valence electrons. The summed E-state index contributed by atoms with van der Waals surface area (Å²) in [5.74, 6) is 1.11. The first-order valence-corrected chi connectivity index (χ1v) is 11.4. The van der Waals surface area contributed by atoms with Crippen LogP contribution in [0.25, 0.3) is 10.8 Å². The quantitative estimate of drug-likeness (QED) is 0.624. The van der Waals surface area contributed by atoms with Crippen LogP contribution in [0, 0.1) is 13.8 Å². The second-order valence-electron chi connectivity index (χ2n) is 6.81. The minimum Gasteiger partial charge on any atom is -0.462 e. The van der Waals surface area contributed by atoms with Gasteiger partial charge in [0.25, 0.3) is 0 Å². The number of hydrogen-bond acceptors (Lipinski definition) is 8. The monoisotopic (exact) mass is 422 g/mol. The fourth-order valence-electron chi connectivity index (χ4n) is 3.44. The summed E-state index contributed by atoms with van der Waals surface area (Å²) in [5.41, 5.74) is 1.38. The maximum Gasteiger partial charge on any atom is 0.248 e. The molecule has 28 heavy (non-hydrogen) atoms. The number of thiazole rings is 1. The van der Waals surface area contributed by atoms with Gasteiger partial charge in [-0.25, -0.2) is 13.4 Å². The molecule has 1 saturated heterocycles. The molecule has 8 nitrogen and oxygen atoms in total. The molecule has 0 spiro atoms. The Labute approximate surface area is 167 Å². The highest BCUT2D eigenvalue weighted by atomic mass is 32.2. The Bertz CT molecular complexity index is 1020. The Hall–Kier alpha value is -2.01. The van der Waals surface area contributed by atoms with Crippen LogP contribution in [0.2, 0.25) is 0 Å². The minimum atomic E-state index is -3.60. The molecule has 0 unspecified atom stereocenters. The molecule has 0 radical (unpaired) electrons. The van der Waals surface area contributed by atoms with Crippen LogP contribution >= 0.6 is 11.3 Å². The Morgan fingerprint density at radius 2 is 2.07 bits per heavy atom.